The number of halogens is 6. The van der Waals surface area contributed by atoms with Crippen molar-refractivity contribution in [2.45, 2.75) is 126 Å². The van der Waals surface area contributed by atoms with Gasteiger partial charge in [0.15, 0.2) is 0 Å². The van der Waals surface area contributed by atoms with Crippen LogP contribution in [0.4, 0.5) is 17.6 Å². The average Bonchev–Trinajstić information content (AvgIpc) is 1.61. The van der Waals surface area contributed by atoms with Gasteiger partial charge in [-0.3, -0.25) is 39.1 Å². The van der Waals surface area contributed by atoms with E-state index in [1.807, 2.05) is 24.8 Å². The molecule has 16 atom stereocenters. The van der Waals surface area contributed by atoms with Crippen molar-refractivity contribution in [2.75, 3.05) is 26.2 Å². The molecule has 0 aliphatic heterocycles. The van der Waals surface area contributed by atoms with Crippen LogP contribution in [0.1, 0.15) is 201 Å². The minimum Gasteiger partial charge on any atom is -0.352 e. The van der Waals surface area contributed by atoms with Gasteiger partial charge < -0.3 is 21.3 Å². The Labute approximate surface area is 718 Å². The molecule has 7 aromatic carbocycles. The Morgan fingerprint density at radius 2 is 0.598 bits per heavy atom. The highest BCUT2D eigenvalue weighted by atomic mass is 35.5. The van der Waals surface area contributed by atoms with Crippen LogP contribution in [-0.2, 0) is 0 Å². The number of nitrogens with zero attached hydrogens (tertiary/aromatic N) is 6. The first-order valence-corrected chi connectivity index (χ1v) is 43.8. The molecule has 20 rings (SSSR count). The molecule has 122 heavy (non-hydrogen) atoms. The number of amides is 4. The Morgan fingerprint density at radius 1 is 0.336 bits per heavy atom. The summed E-state index contributed by atoms with van der Waals surface area (Å²) in [4.78, 5) is 71.1. The Kier molecular flexibility index (Phi) is 25.2. The molecule has 0 bridgehead atoms. The lowest BCUT2D eigenvalue weighted by Gasteiger charge is -2.17. The van der Waals surface area contributed by atoms with Crippen LogP contribution in [0.2, 0.25) is 10.2 Å². The van der Waals surface area contributed by atoms with Crippen molar-refractivity contribution in [1.82, 2.24) is 46.2 Å². The number of nitrogens with one attached hydrogen (secondary N) is 4. The van der Waals surface area contributed by atoms with Crippen LogP contribution in [0.15, 0.2) is 213 Å². The lowest BCUT2D eigenvalue weighted by atomic mass is 9.90. The van der Waals surface area contributed by atoms with Crippen molar-refractivity contribution in [2.24, 2.45) is 71.0 Å². The molecule has 8 fully saturated rings. The number of hydrogen-bond acceptors (Lipinski definition) is 10. The molecule has 0 saturated heterocycles. The van der Waals surface area contributed by atoms with Crippen LogP contribution < -0.4 is 21.3 Å². The number of aromatic nitrogens is 5. The molecule has 8 saturated carbocycles. The van der Waals surface area contributed by atoms with Gasteiger partial charge in [-0.15, -0.1) is 6.42 Å². The summed E-state index contributed by atoms with van der Waals surface area (Å²) in [6.07, 6.45) is 32.5. The number of hydrogen-bond donors (Lipinski definition) is 4. The van der Waals surface area contributed by atoms with Crippen LogP contribution >= 0.6 is 23.2 Å². The molecule has 8 aliphatic rings. The molecule has 12 aromatic rings. The first-order valence-electron chi connectivity index (χ1n) is 43.1. The van der Waals surface area contributed by atoms with Crippen molar-refractivity contribution >= 4 is 90.4 Å². The van der Waals surface area contributed by atoms with Gasteiger partial charge in [0.25, 0.3) is 23.6 Å². The third-order valence-electron chi connectivity index (χ3n) is 28.1. The largest absolute Gasteiger partial charge is 0.352 e. The van der Waals surface area contributed by atoms with Gasteiger partial charge in [-0.1, -0.05) is 29.1 Å². The molecule has 5 aromatic heterocycles. The summed E-state index contributed by atoms with van der Waals surface area (Å²) in [5, 5.41) is 26.0. The average molecular weight is 1670 g/mol. The number of carbonyl (C=O) groups is 4. The van der Waals surface area contributed by atoms with E-state index in [4.69, 9.17) is 34.9 Å². The van der Waals surface area contributed by atoms with Crippen molar-refractivity contribution in [3.8, 4) is 18.4 Å². The van der Waals surface area contributed by atoms with Gasteiger partial charge in [-0.05, 0) is 402 Å². The Morgan fingerprint density at radius 3 is 0.861 bits per heavy atom. The molecule has 5 heterocycles. The standard InChI is InChI=1S/C27H25FN2O.C26H24FN3O.C25H24ClFN2O.C24H23ClFN3O/c1-2-17-3-5-19(6-4-17)27(31)30-16-18-11-20-13-22(14-21(20)12-18)24-9-10-29-26-8-7-23(28)15-25(24)26;27-22-5-6-25-24(13-22)23(7-8-29-25)21-11-19-9-17(10-20(19)12-21)15-30-26(31)18-3-1-16(14-28)2-4-18;26-20-3-1-16(2-4-20)25(30)29-14-15-9-17-11-19(12-18(17)10-15)22-7-8-28-24-6-5-21(27)13-23(22)24;25-23-4-1-15(13-28-23)24(30)29-12-14-7-16-9-18(10-17(16)8-14)20-5-6-27-22-3-2-19(26)11-21(20)22/h1,3-10,15,18,20-22H,11-14,16H2,(H,30,31);1-8,13,17,19-21H,9-12,15H2,(H,30,31);1-8,13,15,17-19H,9-12,14H2,(H,29,30);1-6,11,13-14,16-18H,7-10,12H2,(H,29,30)/t18?,20-,21+,22?;17?,19-,20+,21?;15?,17-,18+,19?;14?,16-,17+,18?. The van der Waals surface area contributed by atoms with E-state index in [0.717, 1.165) is 165 Å². The maximum absolute atomic E-state index is 13.8. The predicted octanol–water partition coefficient (Wildman–Crippen LogP) is 21.8. The Bertz CT molecular complexity index is 5530. The number of terminal acetylenes is 1. The smallest absolute Gasteiger partial charge is 0.252 e. The van der Waals surface area contributed by atoms with Crippen LogP contribution in [0.25, 0.3) is 43.6 Å². The van der Waals surface area contributed by atoms with E-state index >= 15 is 0 Å². The molecule has 8 unspecified atom stereocenters. The summed E-state index contributed by atoms with van der Waals surface area (Å²) in [5.41, 5.74) is 12.1. The highest BCUT2D eigenvalue weighted by molar-refractivity contribution is 6.30. The second kappa shape index (κ2) is 37.1. The van der Waals surface area contributed by atoms with Gasteiger partial charge in [0.1, 0.15) is 28.4 Å². The predicted molar refractivity (Wildman–Crippen MR) is 469 cm³/mol. The van der Waals surface area contributed by atoms with Crippen LogP contribution in [0, 0.1) is 118 Å². The topological polar surface area (TPSA) is 205 Å². The van der Waals surface area contributed by atoms with Crippen LogP contribution in [0.5, 0.6) is 0 Å². The highest BCUT2D eigenvalue weighted by Gasteiger charge is 2.46. The quantitative estimate of drug-likeness (QED) is 0.0409. The number of fused-ring (bicyclic) bond motifs is 8. The summed E-state index contributed by atoms with van der Waals surface area (Å²) < 4.78 is 55.3. The van der Waals surface area contributed by atoms with Gasteiger partial charge in [0, 0.05) is 106 Å². The van der Waals surface area contributed by atoms with E-state index in [0.29, 0.717) is 146 Å². The first kappa shape index (κ1) is 82.9. The maximum atomic E-state index is 13.8. The molecular weight excluding hydrogens is 1580 g/mol. The van der Waals surface area contributed by atoms with E-state index in [2.05, 4.69) is 82.4 Å². The minimum absolute atomic E-state index is 0.0353. The van der Waals surface area contributed by atoms with E-state index < -0.39 is 0 Å². The highest BCUT2D eigenvalue weighted by Crippen LogP contribution is 2.57. The van der Waals surface area contributed by atoms with E-state index in [9.17, 15) is 36.7 Å². The third kappa shape index (κ3) is 19.1. The minimum atomic E-state index is -0.210. The zero-order valence-corrected chi connectivity index (χ0v) is 69.3. The summed E-state index contributed by atoms with van der Waals surface area (Å²) in [5.74, 6) is 10.8. The summed E-state index contributed by atoms with van der Waals surface area (Å²) in [6, 6.07) is 54.0. The van der Waals surface area contributed by atoms with E-state index in [-0.39, 0.29) is 46.9 Å². The Hall–Kier alpha value is -11.4. The molecule has 4 N–H and O–H groups in total. The fourth-order valence-electron chi connectivity index (χ4n) is 22.5. The Balaban J connectivity index is 0.000000116. The summed E-state index contributed by atoms with van der Waals surface area (Å²) in [6.45, 7) is 2.84. The molecule has 8 aliphatic carbocycles. The van der Waals surface area contributed by atoms with Gasteiger partial charge >= 0.3 is 0 Å². The monoisotopic (exact) mass is 1670 g/mol. The van der Waals surface area contributed by atoms with Gasteiger partial charge in [-0.2, -0.15) is 5.26 Å². The van der Waals surface area contributed by atoms with Crippen molar-refractivity contribution in [3.05, 3.63) is 302 Å². The molecule has 0 radical (unpaired) electrons. The summed E-state index contributed by atoms with van der Waals surface area (Å²) >= 11 is 11.7. The van der Waals surface area contributed by atoms with Crippen molar-refractivity contribution < 1.29 is 36.7 Å². The fraction of sp³-hybridized carbons (Fsp3) is 0.353. The van der Waals surface area contributed by atoms with Gasteiger partial charge in [0.05, 0.1) is 39.3 Å². The number of nitriles is 1. The van der Waals surface area contributed by atoms with Crippen LogP contribution in [-0.4, -0.2) is 74.7 Å². The maximum Gasteiger partial charge on any atom is 0.252 e. The third-order valence-corrected chi connectivity index (χ3v) is 28.5. The number of benzene rings is 7. The van der Waals surface area contributed by atoms with E-state index in [1.165, 1.54) is 52.7 Å². The number of rotatable bonds is 16. The van der Waals surface area contributed by atoms with Crippen molar-refractivity contribution in [3.63, 3.8) is 0 Å². The molecule has 20 heteroatoms. The zero-order valence-electron chi connectivity index (χ0n) is 67.7. The SMILES string of the molecule is C#Cc1ccc(C(=O)NCC2C[C@@H]3CC(c4ccnc5ccc(F)cc45)C[C@@H]3C2)cc1.N#Cc1ccc(C(=O)NCC2C[C@@H]3CC(c4ccnc5ccc(F)cc45)C[C@@H]3C2)cc1.O=C(NCC1C[C@@H]2CC(c3ccnc4ccc(F)cc34)C[C@@H]2C1)c1ccc(Cl)cc1.O=C(NCC1C[C@@H]2CC(c3ccnc4ccc(F)cc34)C[C@@H]2C1)c1ccc(Cl)nc1. The molecule has 620 valence electrons. The van der Waals surface area contributed by atoms with Gasteiger partial charge in [0.2, 0.25) is 0 Å². The molecule has 4 amide bonds. The number of carbonyl (C=O) groups excluding carboxylic acids is 4. The molecule has 0 spiro atoms. The van der Waals surface area contributed by atoms with E-state index in [1.54, 1.807) is 133 Å². The second-order valence-corrected chi connectivity index (χ2v) is 36.3. The first-order chi connectivity index (χ1) is 59.3. The lowest BCUT2D eigenvalue weighted by Crippen LogP contribution is -2.28. The molecular formula is C102H96Cl2F4N10O4. The van der Waals surface area contributed by atoms with Gasteiger partial charge in [-0.25, -0.2) is 22.5 Å². The second-order valence-electron chi connectivity index (χ2n) is 35.5. The zero-order chi connectivity index (χ0) is 84.1. The normalized spacial score (nSPS) is 25.0. The molecule has 14 nitrogen and oxygen atoms in total. The fourth-order valence-corrected chi connectivity index (χ4v) is 22.8. The van der Waals surface area contributed by atoms with Crippen LogP contribution in [0.3, 0.4) is 0 Å². The number of pyridine rings is 5. The lowest BCUT2D eigenvalue weighted by molar-refractivity contribution is 0.0938. The van der Waals surface area contributed by atoms with Crippen molar-refractivity contribution in [1.29, 1.82) is 5.26 Å². The summed E-state index contributed by atoms with van der Waals surface area (Å²) in [7, 11) is 0.